The molecule has 0 spiro atoms. The lowest BCUT2D eigenvalue weighted by Gasteiger charge is -2.16. The van der Waals surface area contributed by atoms with Gasteiger partial charge in [-0.25, -0.2) is 4.98 Å². The van der Waals surface area contributed by atoms with Crippen LogP contribution in [0.25, 0.3) is 33.3 Å². The zero-order chi connectivity index (χ0) is 19.8. The van der Waals surface area contributed by atoms with Crippen molar-refractivity contribution in [1.29, 1.82) is 0 Å². The van der Waals surface area contributed by atoms with E-state index >= 15 is 0 Å². The number of nitrogens with one attached hydrogen (secondary N) is 3. The third kappa shape index (κ3) is 3.58. The Labute approximate surface area is 171 Å². The van der Waals surface area contributed by atoms with Crippen LogP contribution in [-0.2, 0) is 0 Å². The third-order valence-electron chi connectivity index (χ3n) is 4.52. The molecule has 0 saturated heterocycles. The molecule has 4 aromatic rings. The van der Waals surface area contributed by atoms with Crippen LogP contribution in [0.4, 0.5) is 5.69 Å². The highest BCUT2D eigenvalue weighted by atomic mass is 35.5. The molecule has 0 aliphatic rings. The van der Waals surface area contributed by atoms with Crippen LogP contribution >= 0.6 is 23.2 Å². The largest absolute Gasteiger partial charge is 0.382 e. The van der Waals surface area contributed by atoms with Crippen LogP contribution in [0.3, 0.4) is 0 Å². The van der Waals surface area contributed by atoms with Crippen molar-refractivity contribution in [2.45, 2.75) is 0 Å². The Morgan fingerprint density at radius 1 is 1.04 bits per heavy atom. The molecule has 144 valence electrons. The second-order valence-electron chi connectivity index (χ2n) is 6.87. The molecule has 0 aliphatic heterocycles. The molecule has 28 heavy (non-hydrogen) atoms. The lowest BCUT2D eigenvalue weighted by molar-refractivity contribution is 0.425. The molecule has 6 nitrogen and oxygen atoms in total. The van der Waals surface area contributed by atoms with E-state index in [4.69, 9.17) is 23.2 Å². The number of hydrogen-bond donors (Lipinski definition) is 3. The minimum absolute atomic E-state index is 0.229. The van der Waals surface area contributed by atoms with E-state index in [-0.39, 0.29) is 5.56 Å². The van der Waals surface area contributed by atoms with Crippen molar-refractivity contribution >= 4 is 50.8 Å². The number of likely N-dealkylation sites (N-methyl/N-ethyl adjacent to an activating group) is 1. The van der Waals surface area contributed by atoms with Gasteiger partial charge in [-0.15, -0.1) is 0 Å². The first kappa shape index (κ1) is 18.8. The predicted molar refractivity (Wildman–Crippen MR) is 117 cm³/mol. The number of fused-ring (bicyclic) bond motifs is 2. The summed E-state index contributed by atoms with van der Waals surface area (Å²) in [6, 6.07) is 10.8. The van der Waals surface area contributed by atoms with E-state index in [1.807, 2.05) is 26.2 Å². The van der Waals surface area contributed by atoms with Gasteiger partial charge in [0.25, 0.3) is 5.56 Å². The van der Waals surface area contributed by atoms with E-state index < -0.39 is 0 Å². The number of benzene rings is 2. The Balaban J connectivity index is 1.94. The van der Waals surface area contributed by atoms with Gasteiger partial charge in [-0.2, -0.15) is 0 Å². The predicted octanol–water partition coefficient (Wildman–Crippen LogP) is 4.35. The lowest BCUT2D eigenvalue weighted by atomic mass is 10.1. The third-order valence-corrected chi connectivity index (χ3v) is 4.99. The van der Waals surface area contributed by atoms with Crippen molar-refractivity contribution in [3.05, 3.63) is 56.8 Å². The minimum atomic E-state index is -0.229. The Hall–Kier alpha value is -2.54. The summed E-state index contributed by atoms with van der Waals surface area (Å²) < 4.78 is 0. The number of nitrogens with zero attached hydrogens (tertiary/aromatic N) is 2. The van der Waals surface area contributed by atoms with Crippen molar-refractivity contribution < 1.29 is 0 Å². The molecule has 3 N–H and O–H groups in total. The van der Waals surface area contributed by atoms with Gasteiger partial charge in [0.15, 0.2) is 0 Å². The maximum Gasteiger partial charge on any atom is 0.261 e. The van der Waals surface area contributed by atoms with Gasteiger partial charge in [0.1, 0.15) is 11.4 Å². The summed E-state index contributed by atoms with van der Waals surface area (Å²) in [4.78, 5) is 25.8. The number of hydrogen-bond acceptors (Lipinski definition) is 4. The molecule has 0 unspecified atom stereocenters. The summed E-state index contributed by atoms with van der Waals surface area (Å²) in [5.41, 5.74) is 3.14. The molecular formula is C20H19Cl2N5O. The smallest absolute Gasteiger partial charge is 0.261 e. The van der Waals surface area contributed by atoms with Crippen molar-refractivity contribution in [1.82, 2.24) is 19.9 Å². The molecule has 4 rings (SSSR count). The number of anilines is 1. The SMILES string of the molecule is CN(C)CCNc1c(-c2nc3ccc(Cl)cc3[nH]2)c(=O)[nH]c2ccc(Cl)cc12. The van der Waals surface area contributed by atoms with Gasteiger partial charge in [-0.3, -0.25) is 4.79 Å². The summed E-state index contributed by atoms with van der Waals surface area (Å²) in [7, 11) is 4.00. The fourth-order valence-electron chi connectivity index (χ4n) is 3.18. The molecule has 0 fully saturated rings. The molecule has 0 atom stereocenters. The average Bonchev–Trinajstić information content (AvgIpc) is 3.04. The van der Waals surface area contributed by atoms with Gasteiger partial charge >= 0.3 is 0 Å². The van der Waals surface area contributed by atoms with Crippen molar-refractivity contribution in [3.8, 4) is 11.4 Å². The molecule has 2 aromatic carbocycles. The summed E-state index contributed by atoms with van der Waals surface area (Å²) in [5, 5.41) is 5.43. The van der Waals surface area contributed by atoms with E-state index in [2.05, 4.69) is 25.2 Å². The zero-order valence-electron chi connectivity index (χ0n) is 15.4. The van der Waals surface area contributed by atoms with Crippen LogP contribution in [0.1, 0.15) is 0 Å². The Morgan fingerprint density at radius 2 is 1.79 bits per heavy atom. The van der Waals surface area contributed by atoms with Crippen molar-refractivity contribution in [3.63, 3.8) is 0 Å². The number of rotatable bonds is 5. The molecule has 0 radical (unpaired) electrons. The van der Waals surface area contributed by atoms with E-state index in [9.17, 15) is 4.79 Å². The van der Waals surface area contributed by atoms with Crippen molar-refractivity contribution in [2.75, 3.05) is 32.5 Å². The van der Waals surface area contributed by atoms with Crippen LogP contribution in [0.15, 0.2) is 41.2 Å². The van der Waals surface area contributed by atoms with Crippen LogP contribution in [-0.4, -0.2) is 47.0 Å². The van der Waals surface area contributed by atoms with Crippen LogP contribution in [0.5, 0.6) is 0 Å². The molecule has 0 amide bonds. The Kier molecular flexibility index (Phi) is 5.02. The Morgan fingerprint density at radius 3 is 2.57 bits per heavy atom. The van der Waals surface area contributed by atoms with E-state index in [0.717, 1.165) is 23.0 Å². The highest BCUT2D eigenvalue weighted by Crippen LogP contribution is 2.32. The zero-order valence-corrected chi connectivity index (χ0v) is 16.9. The highest BCUT2D eigenvalue weighted by Gasteiger charge is 2.18. The second kappa shape index (κ2) is 7.47. The summed E-state index contributed by atoms with van der Waals surface area (Å²) in [6.45, 7) is 1.47. The number of H-pyrrole nitrogens is 2. The first-order valence-corrected chi connectivity index (χ1v) is 9.58. The first-order valence-electron chi connectivity index (χ1n) is 8.82. The van der Waals surface area contributed by atoms with Gasteiger partial charge in [0.05, 0.1) is 22.2 Å². The number of aromatic nitrogens is 3. The number of halogens is 2. The topological polar surface area (TPSA) is 76.8 Å². The number of imidazole rings is 1. The maximum absolute atomic E-state index is 13.0. The van der Waals surface area contributed by atoms with E-state index in [1.165, 1.54) is 0 Å². The molecule has 0 saturated carbocycles. The molecule has 0 aliphatic carbocycles. The van der Waals surface area contributed by atoms with Gasteiger partial charge in [-0.1, -0.05) is 23.2 Å². The normalized spacial score (nSPS) is 11.6. The highest BCUT2D eigenvalue weighted by molar-refractivity contribution is 6.31. The van der Waals surface area contributed by atoms with Gasteiger partial charge in [-0.05, 0) is 50.5 Å². The van der Waals surface area contributed by atoms with Crippen LogP contribution < -0.4 is 10.9 Å². The fraction of sp³-hybridized carbons (Fsp3) is 0.200. The first-order chi connectivity index (χ1) is 13.4. The molecule has 0 bridgehead atoms. The summed E-state index contributed by atoms with van der Waals surface area (Å²) in [6.07, 6.45) is 0. The quantitative estimate of drug-likeness (QED) is 0.452. The van der Waals surface area contributed by atoms with E-state index in [1.54, 1.807) is 24.3 Å². The van der Waals surface area contributed by atoms with Gasteiger partial charge < -0.3 is 20.2 Å². The molecule has 2 aromatic heterocycles. The summed E-state index contributed by atoms with van der Waals surface area (Å²) in [5.74, 6) is 0.479. The van der Waals surface area contributed by atoms with Gasteiger partial charge in [0, 0.05) is 28.5 Å². The number of aromatic amines is 2. The number of pyridine rings is 1. The van der Waals surface area contributed by atoms with Gasteiger partial charge in [0.2, 0.25) is 0 Å². The lowest BCUT2D eigenvalue weighted by Crippen LogP contribution is -2.22. The van der Waals surface area contributed by atoms with Crippen LogP contribution in [0.2, 0.25) is 10.0 Å². The summed E-state index contributed by atoms with van der Waals surface area (Å²) >= 11 is 12.3. The van der Waals surface area contributed by atoms with E-state index in [0.29, 0.717) is 39.2 Å². The molecule has 2 heterocycles. The monoisotopic (exact) mass is 415 g/mol. The molecule has 8 heteroatoms. The fourth-order valence-corrected chi connectivity index (χ4v) is 3.52. The van der Waals surface area contributed by atoms with Crippen molar-refractivity contribution in [2.24, 2.45) is 0 Å². The van der Waals surface area contributed by atoms with Crippen LogP contribution in [0, 0.1) is 0 Å². The second-order valence-corrected chi connectivity index (χ2v) is 7.74. The minimum Gasteiger partial charge on any atom is -0.382 e. The maximum atomic E-state index is 13.0. The standard InChI is InChI=1S/C20H19Cl2N5O/c1-27(2)8-7-23-18-13-9-11(21)3-5-14(13)26-20(28)17(18)19-24-15-6-4-12(22)10-16(15)25-19/h3-6,9-10H,7-8H2,1-2H3,(H,24,25)(H2,23,26,28). The Bertz CT molecular complexity index is 1230. The average molecular weight is 416 g/mol. The molecular weight excluding hydrogens is 397 g/mol.